The van der Waals surface area contributed by atoms with Gasteiger partial charge in [0.05, 0.1) is 12.5 Å². The Hall–Kier alpha value is -0.570. The van der Waals surface area contributed by atoms with E-state index in [4.69, 9.17) is 9.47 Å². The smallest absolute Gasteiger partial charge is 0.309 e. The Labute approximate surface area is 73.0 Å². The summed E-state index contributed by atoms with van der Waals surface area (Å²) in [5, 5.41) is 0. The summed E-state index contributed by atoms with van der Waals surface area (Å²) < 4.78 is 9.78. The molecule has 0 spiro atoms. The zero-order chi connectivity index (χ0) is 8.81. The molecule has 0 aromatic carbocycles. The van der Waals surface area contributed by atoms with Gasteiger partial charge in [-0.1, -0.05) is 12.8 Å². The first-order valence-corrected chi connectivity index (χ1v) is 4.50. The Morgan fingerprint density at radius 2 is 2.00 bits per heavy atom. The topological polar surface area (TPSA) is 35.5 Å². The third kappa shape index (κ3) is 2.81. The highest BCUT2D eigenvalue weighted by Crippen LogP contribution is 2.25. The lowest BCUT2D eigenvalue weighted by Gasteiger charge is -2.08. The van der Waals surface area contributed by atoms with E-state index in [0.717, 1.165) is 12.8 Å². The molecule has 70 valence electrons. The number of methoxy groups -OCH3 is 1. The molecule has 0 saturated heterocycles. The van der Waals surface area contributed by atoms with Crippen LogP contribution < -0.4 is 0 Å². The van der Waals surface area contributed by atoms with Crippen molar-refractivity contribution in [1.29, 1.82) is 0 Å². The molecule has 1 fully saturated rings. The Kier molecular flexibility index (Phi) is 4.08. The van der Waals surface area contributed by atoms with Crippen molar-refractivity contribution >= 4 is 5.97 Å². The van der Waals surface area contributed by atoms with Crippen LogP contribution in [0.2, 0.25) is 0 Å². The largest absolute Gasteiger partial charge is 0.463 e. The molecule has 1 saturated carbocycles. The van der Waals surface area contributed by atoms with Crippen LogP contribution in [0, 0.1) is 5.92 Å². The van der Waals surface area contributed by atoms with Gasteiger partial charge >= 0.3 is 5.97 Å². The maximum atomic E-state index is 11.2. The van der Waals surface area contributed by atoms with E-state index in [-0.39, 0.29) is 11.9 Å². The summed E-state index contributed by atoms with van der Waals surface area (Å²) in [4.78, 5) is 11.2. The van der Waals surface area contributed by atoms with Crippen molar-refractivity contribution in [1.82, 2.24) is 0 Å². The molecule has 1 rings (SSSR count). The molecule has 0 atom stereocenters. The minimum Gasteiger partial charge on any atom is -0.463 e. The van der Waals surface area contributed by atoms with Gasteiger partial charge in [-0.3, -0.25) is 4.79 Å². The Morgan fingerprint density at radius 3 is 2.58 bits per heavy atom. The first-order valence-electron chi connectivity index (χ1n) is 4.50. The van der Waals surface area contributed by atoms with Crippen molar-refractivity contribution in [3.05, 3.63) is 0 Å². The van der Waals surface area contributed by atoms with Gasteiger partial charge in [0.1, 0.15) is 6.61 Å². The lowest BCUT2D eigenvalue weighted by Crippen LogP contribution is -2.17. The second-order valence-corrected chi connectivity index (χ2v) is 3.14. The highest BCUT2D eigenvalue weighted by atomic mass is 16.6. The maximum absolute atomic E-state index is 11.2. The number of rotatable bonds is 4. The van der Waals surface area contributed by atoms with Crippen LogP contribution >= 0.6 is 0 Å². The van der Waals surface area contributed by atoms with Crippen LogP contribution in [0.15, 0.2) is 0 Å². The second kappa shape index (κ2) is 5.14. The average Bonchev–Trinajstić information content (AvgIpc) is 2.56. The highest BCUT2D eigenvalue weighted by molar-refractivity contribution is 5.72. The number of hydrogen-bond donors (Lipinski definition) is 0. The lowest BCUT2D eigenvalue weighted by atomic mass is 10.1. The third-order valence-electron chi connectivity index (χ3n) is 2.22. The highest BCUT2D eigenvalue weighted by Gasteiger charge is 2.23. The van der Waals surface area contributed by atoms with Gasteiger partial charge in [0.25, 0.3) is 0 Å². The fraction of sp³-hybridized carbons (Fsp3) is 0.889. The zero-order valence-electron chi connectivity index (χ0n) is 7.54. The van der Waals surface area contributed by atoms with E-state index < -0.39 is 0 Å². The van der Waals surface area contributed by atoms with E-state index in [0.29, 0.717) is 13.2 Å². The van der Waals surface area contributed by atoms with E-state index in [1.165, 1.54) is 12.8 Å². The molecule has 0 aromatic rings. The molecule has 1 aliphatic carbocycles. The van der Waals surface area contributed by atoms with Gasteiger partial charge in [0, 0.05) is 7.11 Å². The lowest BCUT2D eigenvalue weighted by molar-refractivity contribution is -0.149. The molecular weight excluding hydrogens is 156 g/mol. The second-order valence-electron chi connectivity index (χ2n) is 3.14. The predicted octanol–water partition coefficient (Wildman–Crippen LogP) is 1.37. The van der Waals surface area contributed by atoms with Crippen molar-refractivity contribution in [3.63, 3.8) is 0 Å². The predicted molar refractivity (Wildman–Crippen MR) is 44.8 cm³/mol. The fourth-order valence-electron chi connectivity index (χ4n) is 1.50. The molecule has 0 amide bonds. The quantitative estimate of drug-likeness (QED) is 0.474. The molecule has 1 aliphatic rings. The van der Waals surface area contributed by atoms with Crippen LogP contribution in [0.5, 0.6) is 0 Å². The maximum Gasteiger partial charge on any atom is 0.309 e. The first kappa shape index (κ1) is 9.52. The zero-order valence-corrected chi connectivity index (χ0v) is 7.54. The summed E-state index contributed by atoms with van der Waals surface area (Å²) in [5.41, 5.74) is 0. The average molecular weight is 172 g/mol. The molecule has 3 nitrogen and oxygen atoms in total. The SMILES string of the molecule is COCCOC(=O)C1CCCC1. The summed E-state index contributed by atoms with van der Waals surface area (Å²) in [6, 6.07) is 0. The number of carbonyl (C=O) groups is 1. The molecule has 12 heavy (non-hydrogen) atoms. The van der Waals surface area contributed by atoms with Crippen LogP contribution in [0.25, 0.3) is 0 Å². The van der Waals surface area contributed by atoms with E-state index in [1.807, 2.05) is 0 Å². The standard InChI is InChI=1S/C9H16O3/c1-11-6-7-12-9(10)8-4-2-3-5-8/h8H,2-7H2,1H3. The van der Waals surface area contributed by atoms with Gasteiger partial charge in [-0.2, -0.15) is 0 Å². The van der Waals surface area contributed by atoms with Gasteiger partial charge in [-0.05, 0) is 12.8 Å². The minimum atomic E-state index is -0.0375. The molecule has 0 heterocycles. The van der Waals surface area contributed by atoms with Gasteiger partial charge in [0.2, 0.25) is 0 Å². The van der Waals surface area contributed by atoms with E-state index in [1.54, 1.807) is 7.11 Å². The Morgan fingerprint density at radius 1 is 1.33 bits per heavy atom. The Balaban J connectivity index is 2.10. The summed E-state index contributed by atoms with van der Waals surface area (Å²) >= 11 is 0. The van der Waals surface area contributed by atoms with Gasteiger partial charge in [0.15, 0.2) is 0 Å². The van der Waals surface area contributed by atoms with Crippen molar-refractivity contribution in [3.8, 4) is 0 Å². The molecule has 3 heteroatoms. The first-order chi connectivity index (χ1) is 5.84. The van der Waals surface area contributed by atoms with Crippen LogP contribution in [-0.4, -0.2) is 26.3 Å². The van der Waals surface area contributed by atoms with Crippen LogP contribution in [0.3, 0.4) is 0 Å². The van der Waals surface area contributed by atoms with Crippen molar-refractivity contribution in [2.45, 2.75) is 25.7 Å². The van der Waals surface area contributed by atoms with E-state index >= 15 is 0 Å². The molecule has 0 aromatic heterocycles. The summed E-state index contributed by atoms with van der Waals surface area (Å²) in [6.07, 6.45) is 4.35. The third-order valence-corrected chi connectivity index (χ3v) is 2.22. The van der Waals surface area contributed by atoms with Crippen molar-refractivity contribution in [2.24, 2.45) is 5.92 Å². The number of carbonyl (C=O) groups excluding carboxylic acids is 1. The van der Waals surface area contributed by atoms with Crippen LogP contribution in [-0.2, 0) is 14.3 Å². The molecule has 0 aliphatic heterocycles. The summed E-state index contributed by atoms with van der Waals surface area (Å²) in [7, 11) is 1.60. The van der Waals surface area contributed by atoms with Gasteiger partial charge in [-0.25, -0.2) is 0 Å². The Bertz CT molecular complexity index is 139. The summed E-state index contributed by atoms with van der Waals surface area (Å²) in [6.45, 7) is 0.893. The van der Waals surface area contributed by atoms with Crippen molar-refractivity contribution < 1.29 is 14.3 Å². The van der Waals surface area contributed by atoms with Crippen molar-refractivity contribution in [2.75, 3.05) is 20.3 Å². The monoisotopic (exact) mass is 172 g/mol. The number of ether oxygens (including phenoxy) is 2. The minimum absolute atomic E-state index is 0.0375. The van der Waals surface area contributed by atoms with Gasteiger partial charge < -0.3 is 9.47 Å². The number of hydrogen-bond acceptors (Lipinski definition) is 3. The number of esters is 1. The van der Waals surface area contributed by atoms with Crippen LogP contribution in [0.4, 0.5) is 0 Å². The van der Waals surface area contributed by atoms with Crippen LogP contribution in [0.1, 0.15) is 25.7 Å². The molecule has 0 unspecified atom stereocenters. The van der Waals surface area contributed by atoms with E-state index in [9.17, 15) is 4.79 Å². The molecular formula is C9H16O3. The fourth-order valence-corrected chi connectivity index (χ4v) is 1.50. The molecule has 0 bridgehead atoms. The normalized spacial score (nSPS) is 18.1. The van der Waals surface area contributed by atoms with E-state index in [2.05, 4.69) is 0 Å². The molecule has 0 N–H and O–H groups in total. The van der Waals surface area contributed by atoms with Gasteiger partial charge in [-0.15, -0.1) is 0 Å². The summed E-state index contributed by atoms with van der Waals surface area (Å²) in [5.74, 6) is 0.131. The molecule has 0 radical (unpaired) electrons.